The summed E-state index contributed by atoms with van der Waals surface area (Å²) in [6, 6.07) is 18.8. The number of hydrogen-bond acceptors (Lipinski definition) is 4. The van der Waals surface area contributed by atoms with Gasteiger partial charge >= 0.3 is 0 Å². The summed E-state index contributed by atoms with van der Waals surface area (Å²) in [6.45, 7) is 3.32. The van der Waals surface area contributed by atoms with Crippen molar-refractivity contribution < 1.29 is 4.79 Å². The van der Waals surface area contributed by atoms with Gasteiger partial charge in [0.15, 0.2) is 5.78 Å². The molecular weight excluding hydrogens is 394 g/mol. The number of piperidine rings is 1. The van der Waals surface area contributed by atoms with Crippen LogP contribution >= 0.6 is 0 Å². The summed E-state index contributed by atoms with van der Waals surface area (Å²) in [5, 5.41) is 4.31. The Morgan fingerprint density at radius 3 is 2.56 bits per heavy atom. The minimum atomic E-state index is 0.162. The lowest BCUT2D eigenvalue weighted by atomic mass is 9.85. The fourth-order valence-electron chi connectivity index (χ4n) is 5.20. The van der Waals surface area contributed by atoms with Crippen LogP contribution in [0, 0.1) is 5.92 Å². The van der Waals surface area contributed by atoms with E-state index in [0.717, 1.165) is 72.3 Å². The van der Waals surface area contributed by atoms with E-state index >= 15 is 0 Å². The van der Waals surface area contributed by atoms with E-state index in [2.05, 4.69) is 46.6 Å². The number of carbonyl (C=O) groups is 1. The summed E-state index contributed by atoms with van der Waals surface area (Å²) in [5.74, 6) is 0.831. The van der Waals surface area contributed by atoms with Crippen molar-refractivity contribution in [3.05, 3.63) is 83.1 Å². The van der Waals surface area contributed by atoms with Gasteiger partial charge < -0.3 is 5.32 Å². The predicted molar refractivity (Wildman–Crippen MR) is 131 cm³/mol. The number of anilines is 1. The quantitative estimate of drug-likeness (QED) is 0.538. The van der Waals surface area contributed by atoms with Gasteiger partial charge in [0.05, 0.1) is 22.5 Å². The molecule has 0 radical (unpaired) electrons. The molecule has 3 aromatic rings. The van der Waals surface area contributed by atoms with Gasteiger partial charge in [0, 0.05) is 19.0 Å². The minimum Gasteiger partial charge on any atom is -0.387 e. The van der Waals surface area contributed by atoms with Crippen LogP contribution in [0.15, 0.2) is 66.2 Å². The molecule has 5 rings (SSSR count). The van der Waals surface area contributed by atoms with Gasteiger partial charge in [-0.05, 0) is 68.3 Å². The van der Waals surface area contributed by atoms with Crippen molar-refractivity contribution in [3.63, 3.8) is 0 Å². The molecule has 164 valence electrons. The summed E-state index contributed by atoms with van der Waals surface area (Å²) in [4.78, 5) is 20.8. The predicted octanol–water partition coefficient (Wildman–Crippen LogP) is 5.63. The van der Waals surface area contributed by atoms with E-state index in [-0.39, 0.29) is 5.78 Å². The number of pyridine rings is 1. The molecule has 1 aromatic heterocycles. The third-order valence-corrected chi connectivity index (χ3v) is 7.02. The third kappa shape index (κ3) is 4.20. The topological polar surface area (TPSA) is 45.2 Å². The zero-order valence-corrected chi connectivity index (χ0v) is 18.8. The molecule has 0 bridgehead atoms. The Morgan fingerprint density at radius 1 is 1.03 bits per heavy atom. The van der Waals surface area contributed by atoms with Crippen molar-refractivity contribution in [2.24, 2.45) is 5.92 Å². The molecule has 1 saturated heterocycles. The van der Waals surface area contributed by atoms with Crippen LogP contribution in [0.1, 0.15) is 47.3 Å². The summed E-state index contributed by atoms with van der Waals surface area (Å²) < 4.78 is 0. The number of carbonyl (C=O) groups excluding carboxylic acids is 1. The number of allylic oxidation sites excluding steroid dienone is 2. The fraction of sp³-hybridized carbons (Fsp3) is 0.357. The minimum absolute atomic E-state index is 0.162. The molecule has 0 spiro atoms. The Bertz CT molecular complexity index is 1140. The first-order chi connectivity index (χ1) is 15.7. The second kappa shape index (κ2) is 9.25. The highest BCUT2D eigenvalue weighted by Gasteiger charge is 2.28. The number of aryl methyl sites for hydroxylation is 1. The van der Waals surface area contributed by atoms with Gasteiger partial charge in [-0.25, -0.2) is 0 Å². The monoisotopic (exact) mass is 425 g/mol. The molecule has 0 unspecified atom stereocenters. The first-order valence-electron chi connectivity index (χ1n) is 11.8. The number of ketones is 1. The first-order valence-corrected chi connectivity index (χ1v) is 11.8. The average molecular weight is 426 g/mol. The highest BCUT2D eigenvalue weighted by Crippen LogP contribution is 2.35. The van der Waals surface area contributed by atoms with Gasteiger partial charge in [0.25, 0.3) is 0 Å². The van der Waals surface area contributed by atoms with Crippen LogP contribution in [-0.4, -0.2) is 35.8 Å². The Morgan fingerprint density at radius 2 is 1.78 bits per heavy atom. The van der Waals surface area contributed by atoms with Gasteiger partial charge in [-0.1, -0.05) is 54.6 Å². The maximum absolute atomic E-state index is 13.4. The highest BCUT2D eigenvalue weighted by atomic mass is 16.1. The number of para-hydroxylation sites is 1. The summed E-state index contributed by atoms with van der Waals surface area (Å²) in [6.07, 6.45) is 7.28. The Kier molecular flexibility index (Phi) is 6.04. The number of fused-ring (bicyclic) bond motifs is 2. The van der Waals surface area contributed by atoms with Crippen molar-refractivity contribution in [2.45, 2.75) is 38.6 Å². The number of Topliss-reactive ketones (excluding diaryl/α,β-unsaturated/α-hetero) is 1. The molecule has 0 amide bonds. The zero-order chi connectivity index (χ0) is 21.9. The summed E-state index contributed by atoms with van der Waals surface area (Å²) in [5.41, 5.74) is 5.96. The van der Waals surface area contributed by atoms with Crippen LogP contribution in [0.3, 0.4) is 0 Å². The lowest BCUT2D eigenvalue weighted by molar-refractivity contribution is 0.102. The largest absolute Gasteiger partial charge is 0.387 e. The molecule has 2 aromatic carbocycles. The normalized spacial score (nSPS) is 18.8. The second-order valence-corrected chi connectivity index (χ2v) is 9.07. The maximum Gasteiger partial charge on any atom is 0.192 e. The van der Waals surface area contributed by atoms with Crippen molar-refractivity contribution >= 4 is 22.4 Å². The SMILES string of the molecule is CNc1c2c(nc3ccccc13)CCC(=CCC1CCN(Cc3ccccc3)CC1)C2=O. The number of likely N-dealkylation sites (tertiary alicyclic amines) is 1. The first kappa shape index (κ1) is 20.9. The van der Waals surface area contributed by atoms with Crippen molar-refractivity contribution in [2.75, 3.05) is 25.5 Å². The molecule has 4 nitrogen and oxygen atoms in total. The molecule has 0 saturated carbocycles. The van der Waals surface area contributed by atoms with E-state index in [1.165, 1.54) is 18.4 Å². The van der Waals surface area contributed by atoms with E-state index in [0.29, 0.717) is 5.92 Å². The molecule has 2 aliphatic rings. The van der Waals surface area contributed by atoms with E-state index in [1.807, 2.05) is 31.3 Å². The average Bonchev–Trinajstić information content (AvgIpc) is 2.84. The van der Waals surface area contributed by atoms with Crippen molar-refractivity contribution in [1.82, 2.24) is 9.88 Å². The van der Waals surface area contributed by atoms with Crippen LogP contribution in [0.25, 0.3) is 10.9 Å². The zero-order valence-electron chi connectivity index (χ0n) is 18.8. The Labute approximate surface area is 190 Å². The highest BCUT2D eigenvalue weighted by molar-refractivity contribution is 6.17. The van der Waals surface area contributed by atoms with Crippen molar-refractivity contribution in [3.8, 4) is 0 Å². The molecule has 1 N–H and O–H groups in total. The van der Waals surface area contributed by atoms with Crippen LogP contribution in [-0.2, 0) is 13.0 Å². The number of aromatic nitrogens is 1. The van der Waals surface area contributed by atoms with Crippen LogP contribution in [0.5, 0.6) is 0 Å². The molecule has 1 aliphatic heterocycles. The van der Waals surface area contributed by atoms with Gasteiger partial charge in [-0.2, -0.15) is 0 Å². The molecule has 32 heavy (non-hydrogen) atoms. The molecule has 4 heteroatoms. The number of nitrogens with zero attached hydrogens (tertiary/aromatic N) is 2. The molecule has 2 heterocycles. The van der Waals surface area contributed by atoms with Gasteiger partial charge in [0.2, 0.25) is 0 Å². The number of rotatable bonds is 5. The Balaban J connectivity index is 1.26. The lowest BCUT2D eigenvalue weighted by Crippen LogP contribution is -2.33. The molecule has 0 atom stereocenters. The van der Waals surface area contributed by atoms with E-state index in [4.69, 9.17) is 4.98 Å². The lowest BCUT2D eigenvalue weighted by Gasteiger charge is -2.31. The summed E-state index contributed by atoms with van der Waals surface area (Å²) >= 11 is 0. The van der Waals surface area contributed by atoms with Gasteiger partial charge in [0.1, 0.15) is 0 Å². The number of benzene rings is 2. The van der Waals surface area contributed by atoms with Crippen LogP contribution in [0.2, 0.25) is 0 Å². The van der Waals surface area contributed by atoms with E-state index in [1.54, 1.807) is 0 Å². The van der Waals surface area contributed by atoms with Gasteiger partial charge in [-0.3, -0.25) is 14.7 Å². The number of nitrogens with one attached hydrogen (secondary N) is 1. The smallest absolute Gasteiger partial charge is 0.192 e. The fourth-order valence-corrected chi connectivity index (χ4v) is 5.20. The van der Waals surface area contributed by atoms with Crippen molar-refractivity contribution in [1.29, 1.82) is 0 Å². The molecule has 1 fully saturated rings. The summed E-state index contributed by atoms with van der Waals surface area (Å²) in [7, 11) is 1.90. The second-order valence-electron chi connectivity index (χ2n) is 9.07. The molecule has 1 aliphatic carbocycles. The van der Waals surface area contributed by atoms with E-state index < -0.39 is 0 Å². The van der Waals surface area contributed by atoms with Crippen LogP contribution < -0.4 is 5.32 Å². The standard InChI is InChI=1S/C28H31N3O/c1-29-27-23-9-5-6-10-24(23)30-25-14-13-22(28(32)26(25)27)12-11-20-15-17-31(18-16-20)19-21-7-3-2-4-8-21/h2-10,12,20H,11,13-19H2,1H3,(H,29,30). The van der Waals surface area contributed by atoms with E-state index in [9.17, 15) is 4.79 Å². The van der Waals surface area contributed by atoms with Gasteiger partial charge in [-0.15, -0.1) is 0 Å². The number of hydrogen-bond donors (Lipinski definition) is 1. The molecular formula is C28H31N3O. The van der Waals surface area contributed by atoms with Crippen LogP contribution in [0.4, 0.5) is 5.69 Å². The maximum atomic E-state index is 13.4. The third-order valence-electron chi connectivity index (χ3n) is 7.02. The Hall–Kier alpha value is -2.98.